The van der Waals surface area contributed by atoms with Crippen LogP contribution in [-0.4, -0.2) is 19.1 Å². The molecule has 1 fully saturated rings. The van der Waals surface area contributed by atoms with Crippen LogP contribution < -0.4 is 15.4 Å². The molecule has 0 aliphatic carbocycles. The molecule has 1 atom stereocenters. The lowest BCUT2D eigenvalue weighted by atomic mass is 9.89. The maximum Gasteiger partial charge on any atom is 0.119 e. The molecule has 0 aromatic heterocycles. The van der Waals surface area contributed by atoms with Crippen molar-refractivity contribution in [3.8, 4) is 5.75 Å². The highest BCUT2D eigenvalue weighted by Gasteiger charge is 2.21. The van der Waals surface area contributed by atoms with Crippen molar-refractivity contribution in [1.82, 2.24) is 5.32 Å². The molecule has 0 radical (unpaired) electrons. The summed E-state index contributed by atoms with van der Waals surface area (Å²) >= 11 is 0. The molecule has 2 N–H and O–H groups in total. The van der Waals surface area contributed by atoms with Gasteiger partial charge in [0, 0.05) is 11.7 Å². The van der Waals surface area contributed by atoms with Crippen molar-refractivity contribution in [1.29, 1.82) is 0 Å². The first-order valence-electron chi connectivity index (χ1n) is 9.60. The summed E-state index contributed by atoms with van der Waals surface area (Å²) in [4.78, 5) is 0. The molecule has 1 unspecified atom stereocenters. The fourth-order valence-electron chi connectivity index (χ4n) is 3.44. The van der Waals surface area contributed by atoms with Gasteiger partial charge in [-0.2, -0.15) is 0 Å². The number of nitrogens with one attached hydrogen (secondary N) is 2. The number of hydrogen-bond acceptors (Lipinski definition) is 3. The predicted octanol–water partition coefficient (Wildman–Crippen LogP) is 5.01. The molecular formula is C23H30N2O. The number of ether oxygens (including phenoxy) is 1. The second-order valence-corrected chi connectivity index (χ2v) is 7.30. The predicted molar refractivity (Wildman–Crippen MR) is 110 cm³/mol. The summed E-state index contributed by atoms with van der Waals surface area (Å²) in [6.07, 6.45) is 4.81. The van der Waals surface area contributed by atoms with Gasteiger partial charge in [0.2, 0.25) is 0 Å². The lowest BCUT2D eigenvalue weighted by Gasteiger charge is -2.30. The van der Waals surface area contributed by atoms with Crippen molar-refractivity contribution in [3.05, 3.63) is 71.8 Å². The van der Waals surface area contributed by atoms with Gasteiger partial charge in [-0.05, 0) is 75.5 Å². The third-order valence-corrected chi connectivity index (χ3v) is 4.84. The topological polar surface area (TPSA) is 33.3 Å². The summed E-state index contributed by atoms with van der Waals surface area (Å²) in [6.45, 7) is 7.19. The van der Waals surface area contributed by atoms with Crippen molar-refractivity contribution < 1.29 is 4.74 Å². The van der Waals surface area contributed by atoms with Crippen molar-refractivity contribution in [2.24, 2.45) is 5.92 Å². The van der Waals surface area contributed by atoms with Crippen molar-refractivity contribution >= 4 is 5.69 Å². The average molecular weight is 351 g/mol. The highest BCUT2D eigenvalue weighted by atomic mass is 16.5. The van der Waals surface area contributed by atoms with Crippen LogP contribution in [0.25, 0.3) is 0 Å². The van der Waals surface area contributed by atoms with E-state index in [0.717, 1.165) is 24.5 Å². The summed E-state index contributed by atoms with van der Waals surface area (Å²) in [5.41, 5.74) is 3.70. The minimum Gasteiger partial charge on any atom is -0.489 e. The van der Waals surface area contributed by atoms with E-state index in [1.54, 1.807) is 0 Å². The van der Waals surface area contributed by atoms with Crippen LogP contribution in [0.5, 0.6) is 5.75 Å². The Balaban J connectivity index is 1.60. The van der Waals surface area contributed by atoms with Crippen LogP contribution in [-0.2, 0) is 6.61 Å². The van der Waals surface area contributed by atoms with Gasteiger partial charge in [-0.25, -0.2) is 0 Å². The third kappa shape index (κ3) is 5.63. The van der Waals surface area contributed by atoms with Crippen molar-refractivity contribution in [2.75, 3.05) is 18.4 Å². The molecule has 1 saturated heterocycles. The van der Waals surface area contributed by atoms with E-state index in [0.29, 0.717) is 18.6 Å². The SMILES string of the molecule is CC(C)=CC(Nc1ccc(OCc2ccccc2)cc1)C1CCNCC1. The second kappa shape index (κ2) is 9.44. The van der Waals surface area contributed by atoms with Crippen LogP contribution in [0, 0.1) is 5.92 Å². The quantitative estimate of drug-likeness (QED) is 0.689. The van der Waals surface area contributed by atoms with Gasteiger partial charge in [-0.3, -0.25) is 0 Å². The van der Waals surface area contributed by atoms with E-state index in [1.165, 1.54) is 24.0 Å². The molecule has 0 saturated carbocycles. The molecule has 0 spiro atoms. The van der Waals surface area contributed by atoms with Crippen LogP contribution in [0.2, 0.25) is 0 Å². The van der Waals surface area contributed by atoms with Gasteiger partial charge in [-0.1, -0.05) is 42.0 Å². The zero-order chi connectivity index (χ0) is 18.2. The molecule has 0 amide bonds. The van der Waals surface area contributed by atoms with E-state index in [9.17, 15) is 0 Å². The minimum atomic E-state index is 0.387. The number of allylic oxidation sites excluding steroid dienone is 1. The lowest BCUT2D eigenvalue weighted by Crippen LogP contribution is -2.37. The number of piperidine rings is 1. The van der Waals surface area contributed by atoms with Gasteiger partial charge >= 0.3 is 0 Å². The Morgan fingerprint density at radius 2 is 1.77 bits per heavy atom. The fourth-order valence-corrected chi connectivity index (χ4v) is 3.44. The van der Waals surface area contributed by atoms with Gasteiger partial charge in [0.05, 0.1) is 0 Å². The summed E-state index contributed by atoms with van der Waals surface area (Å²) in [7, 11) is 0. The molecule has 26 heavy (non-hydrogen) atoms. The Hall–Kier alpha value is -2.26. The van der Waals surface area contributed by atoms with Gasteiger partial charge in [-0.15, -0.1) is 0 Å². The van der Waals surface area contributed by atoms with Crippen molar-refractivity contribution in [2.45, 2.75) is 39.3 Å². The van der Waals surface area contributed by atoms with E-state index in [-0.39, 0.29) is 0 Å². The molecule has 1 aliphatic heterocycles. The first kappa shape index (κ1) is 18.5. The standard InChI is InChI=1S/C23H30N2O/c1-18(2)16-23(20-12-14-24-15-13-20)25-21-8-10-22(11-9-21)26-17-19-6-4-3-5-7-19/h3-11,16,20,23-25H,12-15,17H2,1-2H3. The Morgan fingerprint density at radius 3 is 2.42 bits per heavy atom. The van der Waals surface area contributed by atoms with E-state index in [1.807, 2.05) is 30.3 Å². The smallest absolute Gasteiger partial charge is 0.119 e. The Morgan fingerprint density at radius 1 is 1.08 bits per heavy atom. The molecular weight excluding hydrogens is 320 g/mol. The number of anilines is 1. The Labute approximate surface area is 157 Å². The van der Waals surface area contributed by atoms with Crippen LogP contribution in [0.3, 0.4) is 0 Å². The molecule has 2 aromatic rings. The highest BCUT2D eigenvalue weighted by Crippen LogP contribution is 2.24. The summed E-state index contributed by atoms with van der Waals surface area (Å²) in [5.74, 6) is 1.58. The molecule has 3 rings (SSSR count). The van der Waals surface area contributed by atoms with E-state index in [2.05, 4.69) is 54.8 Å². The largest absolute Gasteiger partial charge is 0.489 e. The molecule has 3 nitrogen and oxygen atoms in total. The zero-order valence-electron chi connectivity index (χ0n) is 15.9. The van der Waals surface area contributed by atoms with Crippen LogP contribution in [0.4, 0.5) is 5.69 Å². The van der Waals surface area contributed by atoms with E-state index < -0.39 is 0 Å². The Kier molecular flexibility index (Phi) is 6.73. The second-order valence-electron chi connectivity index (χ2n) is 7.30. The maximum absolute atomic E-state index is 5.88. The molecule has 2 aromatic carbocycles. The lowest BCUT2D eigenvalue weighted by molar-refractivity contribution is 0.306. The van der Waals surface area contributed by atoms with Gasteiger partial charge in [0.15, 0.2) is 0 Å². The summed E-state index contributed by atoms with van der Waals surface area (Å²) in [6, 6.07) is 19.0. The van der Waals surface area contributed by atoms with Crippen molar-refractivity contribution in [3.63, 3.8) is 0 Å². The Bertz CT molecular complexity index is 684. The maximum atomic E-state index is 5.88. The van der Waals surface area contributed by atoms with E-state index in [4.69, 9.17) is 4.74 Å². The minimum absolute atomic E-state index is 0.387. The van der Waals surface area contributed by atoms with E-state index >= 15 is 0 Å². The zero-order valence-corrected chi connectivity index (χ0v) is 15.9. The van der Waals surface area contributed by atoms with Crippen LogP contribution in [0.1, 0.15) is 32.3 Å². The third-order valence-electron chi connectivity index (χ3n) is 4.84. The molecule has 1 aliphatic rings. The summed E-state index contributed by atoms with van der Waals surface area (Å²) in [5, 5.41) is 7.18. The molecule has 1 heterocycles. The normalized spacial score (nSPS) is 15.9. The first-order valence-corrected chi connectivity index (χ1v) is 9.60. The average Bonchev–Trinajstić information content (AvgIpc) is 2.68. The highest BCUT2D eigenvalue weighted by molar-refractivity contribution is 5.48. The first-order chi connectivity index (χ1) is 12.7. The number of benzene rings is 2. The summed E-state index contributed by atoms with van der Waals surface area (Å²) < 4.78 is 5.88. The van der Waals surface area contributed by atoms with Crippen LogP contribution >= 0.6 is 0 Å². The van der Waals surface area contributed by atoms with Gasteiger partial charge in [0.25, 0.3) is 0 Å². The number of rotatable bonds is 7. The molecule has 3 heteroatoms. The van der Waals surface area contributed by atoms with Gasteiger partial charge in [0.1, 0.15) is 12.4 Å². The fraction of sp³-hybridized carbons (Fsp3) is 0.391. The molecule has 138 valence electrons. The number of hydrogen-bond donors (Lipinski definition) is 2. The van der Waals surface area contributed by atoms with Gasteiger partial charge < -0.3 is 15.4 Å². The molecule has 0 bridgehead atoms. The monoisotopic (exact) mass is 350 g/mol. The van der Waals surface area contributed by atoms with Crippen LogP contribution in [0.15, 0.2) is 66.2 Å².